The van der Waals surface area contributed by atoms with Gasteiger partial charge in [-0.25, -0.2) is 0 Å². The molecule has 0 nitrogen and oxygen atoms in total. The van der Waals surface area contributed by atoms with Crippen molar-refractivity contribution < 1.29 is 0 Å². The van der Waals surface area contributed by atoms with Gasteiger partial charge < -0.3 is 0 Å². The van der Waals surface area contributed by atoms with Crippen LogP contribution in [0.2, 0.25) is 0 Å². The van der Waals surface area contributed by atoms with Gasteiger partial charge in [0.1, 0.15) is 0 Å². The zero-order chi connectivity index (χ0) is 7.56. The van der Waals surface area contributed by atoms with E-state index in [9.17, 15) is 0 Å². The van der Waals surface area contributed by atoms with E-state index in [0.29, 0.717) is 0 Å². The number of hydrogen-bond donors (Lipinski definition) is 0. The molecule has 0 spiro atoms. The molecule has 0 radical (unpaired) electrons. The van der Waals surface area contributed by atoms with Gasteiger partial charge in [0.25, 0.3) is 0 Å². The van der Waals surface area contributed by atoms with Crippen molar-refractivity contribution >= 4 is 0 Å². The first kappa shape index (κ1) is 7.84. The van der Waals surface area contributed by atoms with Gasteiger partial charge in [0.2, 0.25) is 0 Å². The lowest BCUT2D eigenvalue weighted by Gasteiger charge is -2.31. The van der Waals surface area contributed by atoms with Gasteiger partial charge in [0.05, 0.1) is 0 Å². The third-order valence-electron chi connectivity index (χ3n) is 2.63. The van der Waals surface area contributed by atoms with Crippen LogP contribution < -0.4 is 0 Å². The van der Waals surface area contributed by atoms with E-state index in [-0.39, 0.29) is 0 Å². The van der Waals surface area contributed by atoms with Gasteiger partial charge in [-0.2, -0.15) is 0 Å². The molecule has 58 valence electrons. The second-order valence-electron chi connectivity index (χ2n) is 3.83. The molecule has 1 aliphatic carbocycles. The van der Waals surface area contributed by atoms with Crippen molar-refractivity contribution in [1.82, 2.24) is 0 Å². The van der Waals surface area contributed by atoms with Crippen molar-refractivity contribution in [3.63, 3.8) is 0 Å². The fraction of sp³-hybridized carbons (Fsp3) is 0.800. The Morgan fingerprint density at radius 2 is 2.20 bits per heavy atom. The first-order valence-corrected chi connectivity index (χ1v) is 4.34. The highest BCUT2D eigenvalue weighted by Gasteiger charge is 2.23. The molecule has 1 atom stereocenters. The molecule has 1 aliphatic rings. The molecule has 0 aromatic carbocycles. The van der Waals surface area contributed by atoms with Crippen LogP contribution in [0.25, 0.3) is 0 Å². The van der Waals surface area contributed by atoms with Crippen molar-refractivity contribution in [3.8, 4) is 0 Å². The first-order chi connectivity index (χ1) is 4.70. The summed E-state index contributed by atoms with van der Waals surface area (Å²) in [5.41, 5.74) is 1.35. The highest BCUT2D eigenvalue weighted by molar-refractivity contribution is 4.92. The maximum absolute atomic E-state index is 3.94. The predicted octanol–water partition coefficient (Wildman–Crippen LogP) is 3.39. The Balaban J connectivity index is 2.19. The quantitative estimate of drug-likeness (QED) is 0.524. The molecule has 1 unspecified atom stereocenters. The lowest BCUT2D eigenvalue weighted by Crippen LogP contribution is -2.19. The molecule has 0 heteroatoms. The molecule has 0 N–H and O–H groups in total. The van der Waals surface area contributed by atoms with Gasteiger partial charge in [-0.15, -0.1) is 6.58 Å². The molecular formula is C10H18. The summed E-state index contributed by atoms with van der Waals surface area (Å²) < 4.78 is 0. The van der Waals surface area contributed by atoms with Gasteiger partial charge in [-0.1, -0.05) is 31.8 Å². The molecule has 0 bridgehead atoms. The Morgan fingerprint density at radius 3 is 2.50 bits per heavy atom. The molecule has 0 heterocycles. The maximum Gasteiger partial charge on any atom is -0.0297 e. The number of hydrogen-bond acceptors (Lipinski definition) is 0. The zero-order valence-electron chi connectivity index (χ0n) is 7.19. The van der Waals surface area contributed by atoms with Gasteiger partial charge in [-0.3, -0.25) is 0 Å². The summed E-state index contributed by atoms with van der Waals surface area (Å²) in [5.74, 6) is 1.92. The van der Waals surface area contributed by atoms with Crippen LogP contribution in [-0.4, -0.2) is 0 Å². The van der Waals surface area contributed by atoms with Gasteiger partial charge in [0.15, 0.2) is 0 Å². The third-order valence-corrected chi connectivity index (χ3v) is 2.63. The Labute approximate surface area is 64.3 Å². The number of rotatable bonds is 3. The molecule has 1 fully saturated rings. The van der Waals surface area contributed by atoms with Gasteiger partial charge in [-0.05, 0) is 25.2 Å². The van der Waals surface area contributed by atoms with E-state index >= 15 is 0 Å². The number of allylic oxidation sites excluding steroid dienone is 1. The molecule has 0 aliphatic heterocycles. The van der Waals surface area contributed by atoms with Crippen LogP contribution in [0, 0.1) is 11.8 Å². The largest absolute Gasteiger partial charge is 0.100 e. The second-order valence-corrected chi connectivity index (χ2v) is 3.83. The Bertz CT molecular complexity index is 120. The average Bonchev–Trinajstić information content (AvgIpc) is 1.55. The van der Waals surface area contributed by atoms with E-state index < -0.39 is 0 Å². The summed E-state index contributed by atoms with van der Waals surface area (Å²) in [6, 6.07) is 0. The lowest BCUT2D eigenvalue weighted by molar-refractivity contribution is 0.219. The van der Waals surface area contributed by atoms with E-state index in [1.165, 1.54) is 31.3 Å². The van der Waals surface area contributed by atoms with Crippen molar-refractivity contribution in [1.29, 1.82) is 0 Å². The fourth-order valence-corrected chi connectivity index (χ4v) is 1.73. The van der Waals surface area contributed by atoms with E-state index in [1.54, 1.807) is 0 Å². The van der Waals surface area contributed by atoms with E-state index in [0.717, 1.165) is 11.8 Å². The van der Waals surface area contributed by atoms with Crippen molar-refractivity contribution in [3.05, 3.63) is 12.2 Å². The summed E-state index contributed by atoms with van der Waals surface area (Å²) in [6.45, 7) is 8.43. The van der Waals surface area contributed by atoms with Crippen LogP contribution in [0.4, 0.5) is 0 Å². The lowest BCUT2D eigenvalue weighted by atomic mass is 9.75. The minimum Gasteiger partial charge on any atom is -0.100 e. The Hall–Kier alpha value is -0.260. The molecular weight excluding hydrogens is 120 g/mol. The highest BCUT2D eigenvalue weighted by Crippen LogP contribution is 2.35. The predicted molar refractivity (Wildman–Crippen MR) is 45.9 cm³/mol. The first-order valence-electron chi connectivity index (χ1n) is 4.34. The van der Waals surface area contributed by atoms with Crippen molar-refractivity contribution in [2.45, 2.75) is 39.5 Å². The summed E-state index contributed by atoms with van der Waals surface area (Å²) in [6.07, 6.45) is 5.64. The van der Waals surface area contributed by atoms with Gasteiger partial charge in [0, 0.05) is 0 Å². The Morgan fingerprint density at radius 1 is 1.60 bits per heavy atom. The second kappa shape index (κ2) is 3.23. The Kier molecular flexibility index (Phi) is 2.53. The minimum absolute atomic E-state index is 0.895. The van der Waals surface area contributed by atoms with Crippen LogP contribution in [0.1, 0.15) is 39.5 Å². The molecule has 1 rings (SSSR count). The summed E-state index contributed by atoms with van der Waals surface area (Å²) in [4.78, 5) is 0. The van der Waals surface area contributed by atoms with Crippen LogP contribution in [0.15, 0.2) is 12.2 Å². The van der Waals surface area contributed by atoms with E-state index in [1.807, 2.05) is 0 Å². The fourth-order valence-electron chi connectivity index (χ4n) is 1.73. The molecule has 1 saturated carbocycles. The van der Waals surface area contributed by atoms with E-state index in [2.05, 4.69) is 20.4 Å². The monoisotopic (exact) mass is 138 g/mol. The van der Waals surface area contributed by atoms with Crippen LogP contribution in [-0.2, 0) is 0 Å². The summed E-state index contributed by atoms with van der Waals surface area (Å²) in [5, 5.41) is 0. The van der Waals surface area contributed by atoms with Crippen LogP contribution >= 0.6 is 0 Å². The standard InChI is InChI=1S/C10H18/c1-8(2)7-9(3)10-5-4-6-10/h9-10H,1,4-7H2,2-3H3. The van der Waals surface area contributed by atoms with Crippen LogP contribution in [0.3, 0.4) is 0 Å². The minimum atomic E-state index is 0.895. The van der Waals surface area contributed by atoms with E-state index in [4.69, 9.17) is 0 Å². The molecule has 0 saturated heterocycles. The molecule has 0 amide bonds. The average molecular weight is 138 g/mol. The summed E-state index contributed by atoms with van der Waals surface area (Å²) >= 11 is 0. The maximum atomic E-state index is 3.94. The smallest absolute Gasteiger partial charge is 0.0297 e. The van der Waals surface area contributed by atoms with Crippen LogP contribution in [0.5, 0.6) is 0 Å². The van der Waals surface area contributed by atoms with Crippen molar-refractivity contribution in [2.24, 2.45) is 11.8 Å². The molecule has 10 heavy (non-hydrogen) atoms. The zero-order valence-corrected chi connectivity index (χ0v) is 7.19. The van der Waals surface area contributed by atoms with Crippen molar-refractivity contribution in [2.75, 3.05) is 0 Å². The normalized spacial score (nSPS) is 21.8. The highest BCUT2D eigenvalue weighted by atomic mass is 14.3. The SMILES string of the molecule is C=C(C)CC(C)C1CCC1. The molecule has 0 aromatic heterocycles. The van der Waals surface area contributed by atoms with Gasteiger partial charge >= 0.3 is 0 Å². The third kappa shape index (κ3) is 1.86. The molecule has 0 aromatic rings. The topological polar surface area (TPSA) is 0 Å². The summed E-state index contributed by atoms with van der Waals surface area (Å²) in [7, 11) is 0.